The lowest BCUT2D eigenvalue weighted by Gasteiger charge is -2.29. The van der Waals surface area contributed by atoms with Crippen LogP contribution in [-0.4, -0.2) is 36.4 Å². The van der Waals surface area contributed by atoms with Gasteiger partial charge in [-0.3, -0.25) is 14.9 Å². The molecule has 1 aromatic rings. The highest BCUT2D eigenvalue weighted by Gasteiger charge is 2.34. The second-order valence-electron chi connectivity index (χ2n) is 9.30. The van der Waals surface area contributed by atoms with E-state index < -0.39 is 11.8 Å². The summed E-state index contributed by atoms with van der Waals surface area (Å²) in [6.45, 7) is 10.8. The molecule has 0 heterocycles. The van der Waals surface area contributed by atoms with Crippen molar-refractivity contribution in [1.29, 1.82) is 0 Å². The third kappa shape index (κ3) is 9.66. The lowest BCUT2D eigenvalue weighted by molar-refractivity contribution is -0.180. The van der Waals surface area contributed by atoms with Crippen LogP contribution < -0.4 is 10.8 Å². The summed E-state index contributed by atoms with van der Waals surface area (Å²) in [5.74, 6) is -0.139. The summed E-state index contributed by atoms with van der Waals surface area (Å²) in [6.07, 6.45) is 7.53. The summed E-state index contributed by atoms with van der Waals surface area (Å²) < 4.78 is 11.2. The maximum Gasteiger partial charge on any atom is 0.326 e. The number of ether oxygens (including phenoxy) is 2. The van der Waals surface area contributed by atoms with Gasteiger partial charge in [-0.15, -0.1) is 0 Å². The molecule has 0 saturated heterocycles. The van der Waals surface area contributed by atoms with Gasteiger partial charge in [0.15, 0.2) is 6.29 Å². The summed E-state index contributed by atoms with van der Waals surface area (Å²) in [4.78, 5) is 29.8. The Bertz CT molecular complexity index is 771. The van der Waals surface area contributed by atoms with E-state index in [1.165, 1.54) is 6.08 Å². The summed E-state index contributed by atoms with van der Waals surface area (Å²) >= 11 is 0. The minimum absolute atomic E-state index is 0.0645. The van der Waals surface area contributed by atoms with Crippen LogP contribution in [0.5, 0.6) is 0 Å². The first kappa shape index (κ1) is 27.0. The zero-order valence-corrected chi connectivity index (χ0v) is 20.7. The van der Waals surface area contributed by atoms with Crippen LogP contribution >= 0.6 is 0 Å². The van der Waals surface area contributed by atoms with Gasteiger partial charge in [0.1, 0.15) is 11.6 Å². The van der Waals surface area contributed by atoms with Crippen molar-refractivity contribution in [3.8, 4) is 0 Å². The number of rotatable bonds is 13. The zero-order valence-electron chi connectivity index (χ0n) is 20.7. The van der Waals surface area contributed by atoms with Crippen LogP contribution in [0.2, 0.25) is 0 Å². The predicted molar refractivity (Wildman–Crippen MR) is 129 cm³/mol. The van der Waals surface area contributed by atoms with Crippen LogP contribution in [0.4, 0.5) is 0 Å². The van der Waals surface area contributed by atoms with Gasteiger partial charge >= 0.3 is 5.97 Å². The highest BCUT2D eigenvalue weighted by atomic mass is 16.8. The Morgan fingerprint density at radius 1 is 1.15 bits per heavy atom. The molecule has 1 saturated carbocycles. The van der Waals surface area contributed by atoms with E-state index in [1.807, 2.05) is 52.0 Å². The number of hydrogen-bond donors (Lipinski definition) is 2. The fourth-order valence-electron chi connectivity index (χ4n) is 3.38. The Hall–Kier alpha value is -2.22. The van der Waals surface area contributed by atoms with Crippen molar-refractivity contribution in [2.24, 2.45) is 5.92 Å². The standard InChI is InChI=1S/C26H40N2O5/c1-6-26(5,25(30)32-23-9-7-8-10-23)27-17-22-13-11-21(12-14-22)15-16-24(29)28-33-20(4)31-18-19(2)3/h11-16,19-20,23,27H,6-10,17-18H2,1-5H3,(H,28,29)/b16-15+/t20?,26-/m1/s1. The van der Waals surface area contributed by atoms with E-state index in [0.29, 0.717) is 25.5 Å². The monoisotopic (exact) mass is 460 g/mol. The molecule has 0 aromatic heterocycles. The molecule has 1 unspecified atom stereocenters. The Balaban J connectivity index is 1.79. The van der Waals surface area contributed by atoms with Gasteiger partial charge in [-0.05, 0) is 69.1 Å². The van der Waals surface area contributed by atoms with Crippen LogP contribution in [0.15, 0.2) is 30.3 Å². The molecule has 2 atom stereocenters. The minimum atomic E-state index is -0.713. The summed E-state index contributed by atoms with van der Waals surface area (Å²) in [6, 6.07) is 7.80. The molecule has 1 amide bonds. The van der Waals surface area contributed by atoms with E-state index in [1.54, 1.807) is 13.0 Å². The molecule has 1 aliphatic carbocycles. The van der Waals surface area contributed by atoms with E-state index in [2.05, 4.69) is 10.8 Å². The fourth-order valence-corrected chi connectivity index (χ4v) is 3.38. The van der Waals surface area contributed by atoms with Crippen molar-refractivity contribution >= 4 is 18.0 Å². The quantitative estimate of drug-likeness (QED) is 0.195. The number of esters is 1. The van der Waals surface area contributed by atoms with Gasteiger partial charge in [0.05, 0.1) is 6.61 Å². The van der Waals surface area contributed by atoms with Gasteiger partial charge in [0, 0.05) is 12.6 Å². The summed E-state index contributed by atoms with van der Waals surface area (Å²) in [5.41, 5.74) is 3.58. The Kier molecular flexibility index (Phi) is 11.0. The van der Waals surface area contributed by atoms with Crippen molar-refractivity contribution < 1.29 is 23.9 Å². The van der Waals surface area contributed by atoms with Crippen LogP contribution in [0, 0.1) is 5.92 Å². The van der Waals surface area contributed by atoms with Gasteiger partial charge in [0.25, 0.3) is 5.91 Å². The predicted octanol–water partition coefficient (Wildman–Crippen LogP) is 4.51. The number of amides is 1. The molecule has 0 bridgehead atoms. The van der Waals surface area contributed by atoms with E-state index in [-0.39, 0.29) is 18.0 Å². The van der Waals surface area contributed by atoms with Crippen LogP contribution in [-0.2, 0) is 30.4 Å². The zero-order chi connectivity index (χ0) is 24.3. The largest absolute Gasteiger partial charge is 0.461 e. The van der Waals surface area contributed by atoms with Crippen molar-refractivity contribution in [3.63, 3.8) is 0 Å². The molecule has 0 radical (unpaired) electrons. The normalized spacial score (nSPS) is 17.3. The molecule has 33 heavy (non-hydrogen) atoms. The van der Waals surface area contributed by atoms with Gasteiger partial charge < -0.3 is 9.47 Å². The Morgan fingerprint density at radius 3 is 2.42 bits per heavy atom. The highest BCUT2D eigenvalue weighted by Crippen LogP contribution is 2.24. The SMILES string of the molecule is CC[C@@](C)(NCc1ccc(/C=C/C(=O)NOC(C)OCC(C)C)cc1)C(=O)OC1CCCC1. The number of carbonyl (C=O) groups excluding carboxylic acids is 2. The van der Waals surface area contributed by atoms with E-state index in [9.17, 15) is 9.59 Å². The van der Waals surface area contributed by atoms with Gasteiger partial charge in [-0.1, -0.05) is 45.0 Å². The first-order valence-electron chi connectivity index (χ1n) is 12.0. The van der Waals surface area contributed by atoms with Crippen molar-refractivity contribution in [2.45, 2.75) is 91.2 Å². The highest BCUT2D eigenvalue weighted by molar-refractivity contribution is 5.90. The topological polar surface area (TPSA) is 85.9 Å². The Morgan fingerprint density at radius 2 is 1.82 bits per heavy atom. The van der Waals surface area contributed by atoms with Crippen molar-refractivity contribution in [3.05, 3.63) is 41.5 Å². The van der Waals surface area contributed by atoms with Gasteiger partial charge in [0.2, 0.25) is 0 Å². The molecule has 1 aromatic carbocycles. The summed E-state index contributed by atoms with van der Waals surface area (Å²) in [7, 11) is 0. The maximum atomic E-state index is 12.7. The summed E-state index contributed by atoms with van der Waals surface area (Å²) in [5, 5.41) is 3.36. The molecule has 1 aliphatic rings. The number of hydrogen-bond acceptors (Lipinski definition) is 6. The van der Waals surface area contributed by atoms with E-state index in [4.69, 9.17) is 14.3 Å². The molecule has 0 spiro atoms. The first-order chi connectivity index (χ1) is 15.7. The van der Waals surface area contributed by atoms with E-state index >= 15 is 0 Å². The first-order valence-corrected chi connectivity index (χ1v) is 12.0. The van der Waals surface area contributed by atoms with Gasteiger partial charge in [-0.2, -0.15) is 0 Å². The minimum Gasteiger partial charge on any atom is -0.461 e. The lowest BCUT2D eigenvalue weighted by atomic mass is 9.98. The number of nitrogens with one attached hydrogen (secondary N) is 2. The molecule has 0 aliphatic heterocycles. The average molecular weight is 461 g/mol. The van der Waals surface area contributed by atoms with Crippen LogP contribution in [0.3, 0.4) is 0 Å². The molecule has 7 heteroatoms. The number of hydroxylamine groups is 1. The molecule has 2 rings (SSSR count). The second kappa shape index (κ2) is 13.5. The molecule has 184 valence electrons. The van der Waals surface area contributed by atoms with E-state index in [0.717, 1.165) is 36.8 Å². The second-order valence-corrected chi connectivity index (χ2v) is 9.30. The molecular weight excluding hydrogens is 420 g/mol. The average Bonchev–Trinajstić information content (AvgIpc) is 3.32. The maximum absolute atomic E-state index is 12.7. The third-order valence-corrected chi connectivity index (χ3v) is 5.81. The molecule has 7 nitrogen and oxygen atoms in total. The Labute approximate surface area is 198 Å². The number of benzene rings is 1. The van der Waals surface area contributed by atoms with Crippen LogP contribution in [0.1, 0.15) is 77.8 Å². The smallest absolute Gasteiger partial charge is 0.326 e. The van der Waals surface area contributed by atoms with Gasteiger partial charge in [-0.25, -0.2) is 10.3 Å². The molecular formula is C26H40N2O5. The fraction of sp³-hybridized carbons (Fsp3) is 0.615. The molecule has 2 N–H and O–H groups in total. The molecule has 1 fully saturated rings. The third-order valence-electron chi connectivity index (χ3n) is 5.81. The van der Waals surface area contributed by atoms with Crippen LogP contribution in [0.25, 0.3) is 6.08 Å². The number of carbonyl (C=O) groups is 2. The lowest BCUT2D eigenvalue weighted by Crippen LogP contribution is -2.50. The van der Waals surface area contributed by atoms with Crippen molar-refractivity contribution in [1.82, 2.24) is 10.8 Å². The van der Waals surface area contributed by atoms with Crippen molar-refractivity contribution in [2.75, 3.05) is 6.61 Å².